The summed E-state index contributed by atoms with van der Waals surface area (Å²) in [7, 11) is 0. The summed E-state index contributed by atoms with van der Waals surface area (Å²) in [6.45, 7) is 3.74. The first kappa shape index (κ1) is 15.9. The zero-order valence-corrected chi connectivity index (χ0v) is 13.9. The number of furan rings is 1. The van der Waals surface area contributed by atoms with E-state index in [9.17, 15) is 9.59 Å². The molecule has 0 aliphatic heterocycles. The molecule has 3 N–H and O–H groups in total. The van der Waals surface area contributed by atoms with Gasteiger partial charge in [0.1, 0.15) is 12.3 Å². The van der Waals surface area contributed by atoms with Gasteiger partial charge >= 0.3 is 0 Å². The maximum Gasteiger partial charge on any atom is 0.284 e. The van der Waals surface area contributed by atoms with E-state index < -0.39 is 5.91 Å². The van der Waals surface area contributed by atoms with Crippen molar-refractivity contribution in [2.75, 3.05) is 5.32 Å². The minimum Gasteiger partial charge on any atom is -0.456 e. The fourth-order valence-electron chi connectivity index (χ4n) is 2.17. The van der Waals surface area contributed by atoms with Crippen LogP contribution in [0.5, 0.6) is 0 Å². The molecule has 0 aromatic carbocycles. The summed E-state index contributed by atoms with van der Waals surface area (Å²) in [6, 6.07) is 1.55. The van der Waals surface area contributed by atoms with E-state index in [-0.39, 0.29) is 18.2 Å². The molecule has 2 amide bonds. The van der Waals surface area contributed by atoms with Crippen molar-refractivity contribution >= 4 is 28.3 Å². The molecule has 0 bridgehead atoms. The summed E-state index contributed by atoms with van der Waals surface area (Å²) in [4.78, 5) is 27.5. The van der Waals surface area contributed by atoms with Crippen molar-refractivity contribution in [2.45, 2.75) is 20.4 Å². The number of nitrogens with zero attached hydrogens (tertiary/aromatic N) is 3. The second-order valence-corrected chi connectivity index (χ2v) is 6.10. The number of aryl methyl sites for hydroxylation is 2. The number of thiazole rings is 1. The normalized spacial score (nSPS) is 10.8. The summed E-state index contributed by atoms with van der Waals surface area (Å²) in [5, 5.41) is 9.02. The number of hydrogen-bond donors (Lipinski definition) is 2. The number of anilines is 1. The van der Waals surface area contributed by atoms with Crippen LogP contribution in [0.15, 0.2) is 28.3 Å². The standard InChI is InChI=1S/C15H15N5O3S/c1-8-4-17-20(5-8)6-13(21)19-15-18-11(7-24-15)10-3-12(14(16)22)23-9(10)2/h3-5,7H,6H2,1-2H3,(H2,16,22)(H,18,19,21). The van der Waals surface area contributed by atoms with Crippen LogP contribution in [0.4, 0.5) is 5.13 Å². The van der Waals surface area contributed by atoms with Gasteiger partial charge in [0.15, 0.2) is 10.9 Å². The van der Waals surface area contributed by atoms with E-state index in [1.807, 2.05) is 6.92 Å². The lowest BCUT2D eigenvalue weighted by Crippen LogP contribution is -2.18. The molecule has 0 saturated carbocycles. The van der Waals surface area contributed by atoms with Crippen LogP contribution in [0.3, 0.4) is 0 Å². The SMILES string of the molecule is Cc1cnn(CC(=O)Nc2nc(-c3cc(C(N)=O)oc3C)cs2)c1. The number of hydrogen-bond acceptors (Lipinski definition) is 6. The molecule has 3 aromatic heterocycles. The van der Waals surface area contributed by atoms with Crippen molar-refractivity contribution in [1.82, 2.24) is 14.8 Å². The molecule has 3 heterocycles. The summed E-state index contributed by atoms with van der Waals surface area (Å²) >= 11 is 1.28. The summed E-state index contributed by atoms with van der Waals surface area (Å²) in [5.74, 6) is -0.238. The summed E-state index contributed by atoms with van der Waals surface area (Å²) < 4.78 is 6.85. The van der Waals surface area contributed by atoms with Crippen molar-refractivity contribution in [1.29, 1.82) is 0 Å². The highest BCUT2D eigenvalue weighted by Gasteiger charge is 2.16. The topological polar surface area (TPSA) is 116 Å². The van der Waals surface area contributed by atoms with Crippen LogP contribution in [0, 0.1) is 13.8 Å². The highest BCUT2D eigenvalue weighted by atomic mass is 32.1. The van der Waals surface area contributed by atoms with Gasteiger partial charge in [0.05, 0.1) is 11.9 Å². The average molecular weight is 345 g/mol. The van der Waals surface area contributed by atoms with E-state index in [1.165, 1.54) is 11.3 Å². The molecule has 0 spiro atoms. The Balaban J connectivity index is 1.71. The Bertz CT molecular complexity index is 908. The molecule has 3 rings (SSSR count). The van der Waals surface area contributed by atoms with Crippen molar-refractivity contribution < 1.29 is 14.0 Å². The van der Waals surface area contributed by atoms with Crippen LogP contribution in [0.25, 0.3) is 11.3 Å². The molecule has 3 aromatic rings. The predicted octanol–water partition coefficient (Wildman–Crippen LogP) is 1.95. The maximum absolute atomic E-state index is 12.0. The van der Waals surface area contributed by atoms with Gasteiger partial charge in [-0.15, -0.1) is 11.3 Å². The summed E-state index contributed by atoms with van der Waals surface area (Å²) in [6.07, 6.45) is 3.47. The smallest absolute Gasteiger partial charge is 0.284 e. The molecule has 0 radical (unpaired) electrons. The average Bonchev–Trinajstić information content (AvgIpc) is 3.20. The number of aromatic nitrogens is 3. The van der Waals surface area contributed by atoms with Crippen molar-refractivity contribution in [3.05, 3.63) is 40.9 Å². The third-order valence-electron chi connectivity index (χ3n) is 3.26. The molecular formula is C15H15N5O3S. The van der Waals surface area contributed by atoms with Crippen LogP contribution >= 0.6 is 11.3 Å². The van der Waals surface area contributed by atoms with E-state index in [4.69, 9.17) is 10.2 Å². The largest absolute Gasteiger partial charge is 0.456 e. The van der Waals surface area contributed by atoms with E-state index in [2.05, 4.69) is 15.4 Å². The van der Waals surface area contributed by atoms with E-state index in [0.717, 1.165) is 5.56 Å². The van der Waals surface area contributed by atoms with Crippen LogP contribution in [0.1, 0.15) is 21.9 Å². The Morgan fingerprint density at radius 3 is 2.83 bits per heavy atom. The fraction of sp³-hybridized carbons (Fsp3) is 0.200. The maximum atomic E-state index is 12.0. The molecule has 0 aliphatic rings. The van der Waals surface area contributed by atoms with Gasteiger partial charge in [0, 0.05) is 17.1 Å². The molecule has 8 nitrogen and oxygen atoms in total. The van der Waals surface area contributed by atoms with Crippen LogP contribution in [-0.2, 0) is 11.3 Å². The minimum absolute atomic E-state index is 0.0788. The zero-order valence-electron chi connectivity index (χ0n) is 13.1. The molecule has 24 heavy (non-hydrogen) atoms. The van der Waals surface area contributed by atoms with E-state index >= 15 is 0 Å². The van der Waals surface area contributed by atoms with Crippen molar-refractivity contribution in [3.63, 3.8) is 0 Å². The predicted molar refractivity (Wildman–Crippen MR) is 88.7 cm³/mol. The quantitative estimate of drug-likeness (QED) is 0.733. The first-order chi connectivity index (χ1) is 11.4. The number of nitrogens with one attached hydrogen (secondary N) is 1. The molecule has 124 valence electrons. The van der Waals surface area contributed by atoms with Crippen LogP contribution in [-0.4, -0.2) is 26.6 Å². The second-order valence-electron chi connectivity index (χ2n) is 5.25. The van der Waals surface area contributed by atoms with Crippen molar-refractivity contribution in [2.24, 2.45) is 5.73 Å². The Morgan fingerprint density at radius 1 is 1.42 bits per heavy atom. The Labute approximate surface area is 141 Å². The third-order valence-corrected chi connectivity index (χ3v) is 4.01. The molecule has 0 atom stereocenters. The van der Waals surface area contributed by atoms with Crippen molar-refractivity contribution in [3.8, 4) is 11.3 Å². The highest BCUT2D eigenvalue weighted by molar-refractivity contribution is 7.14. The van der Waals surface area contributed by atoms with Gasteiger partial charge in [-0.3, -0.25) is 14.3 Å². The van der Waals surface area contributed by atoms with Gasteiger partial charge in [-0.2, -0.15) is 5.10 Å². The van der Waals surface area contributed by atoms with Crippen LogP contribution < -0.4 is 11.1 Å². The first-order valence-corrected chi connectivity index (χ1v) is 7.95. The molecule has 0 fully saturated rings. The lowest BCUT2D eigenvalue weighted by molar-refractivity contribution is -0.116. The number of carbonyl (C=O) groups excluding carboxylic acids is 2. The molecule has 0 saturated heterocycles. The Morgan fingerprint density at radius 2 is 2.21 bits per heavy atom. The van der Waals surface area contributed by atoms with Gasteiger partial charge in [-0.1, -0.05) is 0 Å². The number of rotatable bonds is 5. The number of primary amides is 1. The Kier molecular flexibility index (Phi) is 4.17. The lowest BCUT2D eigenvalue weighted by Gasteiger charge is -2.01. The zero-order chi connectivity index (χ0) is 17.3. The van der Waals surface area contributed by atoms with Gasteiger partial charge < -0.3 is 15.5 Å². The molecule has 0 aliphatic carbocycles. The van der Waals surface area contributed by atoms with E-state index in [0.29, 0.717) is 22.1 Å². The second kappa shape index (κ2) is 6.28. The first-order valence-electron chi connectivity index (χ1n) is 7.07. The lowest BCUT2D eigenvalue weighted by atomic mass is 10.2. The molecule has 0 unspecified atom stereocenters. The van der Waals surface area contributed by atoms with E-state index in [1.54, 1.807) is 35.4 Å². The van der Waals surface area contributed by atoms with Gasteiger partial charge in [0.25, 0.3) is 5.91 Å². The summed E-state index contributed by atoms with van der Waals surface area (Å²) in [5.41, 5.74) is 7.47. The number of nitrogens with two attached hydrogens (primary N) is 1. The third kappa shape index (κ3) is 3.35. The molecular weight excluding hydrogens is 330 g/mol. The molecule has 9 heteroatoms. The van der Waals surface area contributed by atoms with Gasteiger partial charge in [0.2, 0.25) is 5.91 Å². The number of carbonyl (C=O) groups is 2. The van der Waals surface area contributed by atoms with Gasteiger partial charge in [-0.25, -0.2) is 4.98 Å². The number of amides is 2. The fourth-order valence-corrected chi connectivity index (χ4v) is 2.90. The monoisotopic (exact) mass is 345 g/mol. The minimum atomic E-state index is -0.636. The van der Waals surface area contributed by atoms with Gasteiger partial charge in [-0.05, 0) is 25.5 Å². The highest BCUT2D eigenvalue weighted by Crippen LogP contribution is 2.29. The van der Waals surface area contributed by atoms with Crippen LogP contribution in [0.2, 0.25) is 0 Å². The Hall–Kier alpha value is -2.94.